The molecule has 4 fully saturated rings. The van der Waals surface area contributed by atoms with Crippen molar-refractivity contribution < 1.29 is 9.47 Å². The molecule has 0 aromatic heterocycles. The van der Waals surface area contributed by atoms with Gasteiger partial charge >= 0.3 is 0 Å². The highest BCUT2D eigenvalue weighted by Gasteiger charge is 2.42. The molecule has 0 aromatic rings. The SMILES string of the molecule is CCC1CCC(C2(CCOC(C)C(C)OCCC3(C4CCC(CC)CC4)CCCCC3)CCCCC2)CC1. The minimum Gasteiger partial charge on any atom is -0.376 e. The largest absolute Gasteiger partial charge is 0.376 e. The van der Waals surface area contributed by atoms with Gasteiger partial charge in [-0.3, -0.25) is 0 Å². The maximum Gasteiger partial charge on any atom is 0.0805 e. The van der Waals surface area contributed by atoms with Gasteiger partial charge in [-0.05, 0) is 113 Å². The number of rotatable bonds is 13. The van der Waals surface area contributed by atoms with Crippen LogP contribution in [0.4, 0.5) is 0 Å². The van der Waals surface area contributed by atoms with Crippen LogP contribution in [-0.4, -0.2) is 25.4 Å². The molecule has 2 atom stereocenters. The third-order valence-electron chi connectivity index (χ3n) is 12.9. The molecule has 222 valence electrons. The van der Waals surface area contributed by atoms with Crippen LogP contribution in [0.5, 0.6) is 0 Å². The average molecular weight is 531 g/mol. The third kappa shape index (κ3) is 8.02. The highest BCUT2D eigenvalue weighted by molar-refractivity contribution is 4.93. The lowest BCUT2D eigenvalue weighted by molar-refractivity contribution is -0.0822. The van der Waals surface area contributed by atoms with Gasteiger partial charge in [0.05, 0.1) is 12.2 Å². The van der Waals surface area contributed by atoms with Crippen molar-refractivity contribution in [3.8, 4) is 0 Å². The van der Waals surface area contributed by atoms with Crippen molar-refractivity contribution in [1.82, 2.24) is 0 Å². The topological polar surface area (TPSA) is 18.5 Å². The molecule has 0 aliphatic heterocycles. The van der Waals surface area contributed by atoms with Gasteiger partial charge < -0.3 is 9.47 Å². The molecule has 38 heavy (non-hydrogen) atoms. The second-order valence-electron chi connectivity index (χ2n) is 14.7. The lowest BCUT2D eigenvalue weighted by Crippen LogP contribution is -2.38. The molecule has 2 heteroatoms. The molecule has 0 bridgehead atoms. The van der Waals surface area contributed by atoms with Crippen LogP contribution in [0.25, 0.3) is 0 Å². The van der Waals surface area contributed by atoms with E-state index in [0.717, 1.165) is 36.9 Å². The predicted molar refractivity (Wildman–Crippen MR) is 163 cm³/mol. The van der Waals surface area contributed by atoms with E-state index in [2.05, 4.69) is 27.7 Å². The minimum absolute atomic E-state index is 0.203. The molecule has 2 nitrogen and oxygen atoms in total. The number of ether oxygens (including phenoxy) is 2. The fourth-order valence-corrected chi connectivity index (χ4v) is 9.77. The first-order valence-corrected chi connectivity index (χ1v) is 17.7. The van der Waals surface area contributed by atoms with Crippen LogP contribution in [0.2, 0.25) is 0 Å². The smallest absolute Gasteiger partial charge is 0.0805 e. The number of hydrogen-bond donors (Lipinski definition) is 0. The molecule has 2 unspecified atom stereocenters. The molecular weight excluding hydrogens is 464 g/mol. The summed E-state index contributed by atoms with van der Waals surface area (Å²) in [4.78, 5) is 0. The van der Waals surface area contributed by atoms with Crippen LogP contribution < -0.4 is 0 Å². The molecule has 0 saturated heterocycles. The highest BCUT2D eigenvalue weighted by atomic mass is 16.5. The van der Waals surface area contributed by atoms with Crippen molar-refractivity contribution in [2.75, 3.05) is 13.2 Å². The Labute approximate surface area is 238 Å². The van der Waals surface area contributed by atoms with E-state index >= 15 is 0 Å². The maximum absolute atomic E-state index is 6.55. The summed E-state index contributed by atoms with van der Waals surface area (Å²) in [5.41, 5.74) is 1.15. The van der Waals surface area contributed by atoms with Gasteiger partial charge in [-0.15, -0.1) is 0 Å². The Kier molecular flexibility index (Phi) is 12.4. The molecule has 0 aromatic carbocycles. The molecule has 0 radical (unpaired) electrons. The van der Waals surface area contributed by atoms with E-state index in [1.807, 2.05) is 0 Å². The fourth-order valence-electron chi connectivity index (χ4n) is 9.77. The quantitative estimate of drug-likeness (QED) is 0.236. The Hall–Kier alpha value is -0.0800. The summed E-state index contributed by atoms with van der Waals surface area (Å²) in [6.45, 7) is 11.2. The van der Waals surface area contributed by atoms with Crippen LogP contribution >= 0.6 is 0 Å². The molecule has 4 saturated carbocycles. The lowest BCUT2D eigenvalue weighted by atomic mass is 9.59. The number of hydrogen-bond acceptors (Lipinski definition) is 2. The molecule has 4 aliphatic carbocycles. The Bertz CT molecular complexity index is 574. The van der Waals surface area contributed by atoms with E-state index in [1.165, 1.54) is 141 Å². The van der Waals surface area contributed by atoms with Crippen molar-refractivity contribution in [2.24, 2.45) is 34.5 Å². The lowest BCUT2D eigenvalue weighted by Gasteiger charge is -2.47. The summed E-state index contributed by atoms with van der Waals surface area (Å²) in [5, 5.41) is 0. The third-order valence-corrected chi connectivity index (χ3v) is 12.9. The van der Waals surface area contributed by atoms with E-state index in [9.17, 15) is 0 Å². The van der Waals surface area contributed by atoms with Crippen LogP contribution in [0.15, 0.2) is 0 Å². The zero-order valence-electron chi connectivity index (χ0n) is 26.3. The Balaban J connectivity index is 1.21. The molecule has 0 amide bonds. The Morgan fingerprint density at radius 3 is 1.18 bits per heavy atom. The molecule has 4 rings (SSSR count). The van der Waals surface area contributed by atoms with E-state index in [-0.39, 0.29) is 12.2 Å². The molecule has 0 N–H and O–H groups in total. The normalized spacial score (nSPS) is 33.5. The summed E-state index contributed by atoms with van der Waals surface area (Å²) in [6, 6.07) is 0. The van der Waals surface area contributed by atoms with Gasteiger partial charge in [-0.25, -0.2) is 0 Å². The summed E-state index contributed by atoms with van der Waals surface area (Å²) in [7, 11) is 0. The monoisotopic (exact) mass is 531 g/mol. The first kappa shape index (κ1) is 30.9. The van der Waals surface area contributed by atoms with E-state index in [0.29, 0.717) is 10.8 Å². The van der Waals surface area contributed by atoms with Gasteiger partial charge in [-0.2, -0.15) is 0 Å². The fraction of sp³-hybridized carbons (Fsp3) is 1.00. The minimum atomic E-state index is 0.203. The Morgan fingerprint density at radius 2 is 0.868 bits per heavy atom. The maximum atomic E-state index is 6.55. The standard InChI is InChI=1S/C36H66O2/c1-5-31-13-17-33(18-14-31)35(21-9-7-10-22-35)25-27-37-29(3)30(4)38-28-26-36(23-11-8-12-24-36)34-19-15-32(6-2)16-20-34/h29-34H,5-28H2,1-4H3. The molecule has 0 heterocycles. The second kappa shape index (κ2) is 15.2. The van der Waals surface area contributed by atoms with Crippen molar-refractivity contribution >= 4 is 0 Å². The van der Waals surface area contributed by atoms with Crippen LogP contribution in [0.1, 0.15) is 169 Å². The highest BCUT2D eigenvalue weighted by Crippen LogP contribution is 2.53. The van der Waals surface area contributed by atoms with E-state index < -0.39 is 0 Å². The average Bonchev–Trinajstić information content (AvgIpc) is 2.98. The van der Waals surface area contributed by atoms with Crippen LogP contribution in [-0.2, 0) is 9.47 Å². The first-order valence-electron chi connectivity index (χ1n) is 17.7. The van der Waals surface area contributed by atoms with Crippen LogP contribution in [0, 0.1) is 34.5 Å². The van der Waals surface area contributed by atoms with Crippen LogP contribution in [0.3, 0.4) is 0 Å². The summed E-state index contributed by atoms with van der Waals surface area (Å²) in [6.07, 6.45) is 32.1. The van der Waals surface area contributed by atoms with Crippen molar-refractivity contribution in [1.29, 1.82) is 0 Å². The zero-order chi connectivity index (χ0) is 26.8. The predicted octanol–water partition coefficient (Wildman–Crippen LogP) is 10.9. The van der Waals surface area contributed by atoms with Gasteiger partial charge in [0.25, 0.3) is 0 Å². The summed E-state index contributed by atoms with van der Waals surface area (Å²) >= 11 is 0. The Morgan fingerprint density at radius 1 is 0.526 bits per heavy atom. The van der Waals surface area contributed by atoms with Crippen molar-refractivity contribution in [3.63, 3.8) is 0 Å². The second-order valence-corrected chi connectivity index (χ2v) is 14.7. The van der Waals surface area contributed by atoms with E-state index in [1.54, 1.807) is 0 Å². The molecular formula is C36H66O2. The zero-order valence-corrected chi connectivity index (χ0v) is 26.3. The molecule has 4 aliphatic rings. The van der Waals surface area contributed by atoms with Gasteiger partial charge in [0.2, 0.25) is 0 Å². The summed E-state index contributed by atoms with van der Waals surface area (Å²) in [5.74, 6) is 3.91. The van der Waals surface area contributed by atoms with Crippen molar-refractivity contribution in [2.45, 2.75) is 181 Å². The summed E-state index contributed by atoms with van der Waals surface area (Å²) < 4.78 is 13.1. The first-order chi connectivity index (χ1) is 18.5. The van der Waals surface area contributed by atoms with Crippen molar-refractivity contribution in [3.05, 3.63) is 0 Å². The van der Waals surface area contributed by atoms with E-state index in [4.69, 9.17) is 9.47 Å². The van der Waals surface area contributed by atoms with Gasteiger partial charge in [0.15, 0.2) is 0 Å². The van der Waals surface area contributed by atoms with Gasteiger partial charge in [0.1, 0.15) is 0 Å². The molecule has 0 spiro atoms. The van der Waals surface area contributed by atoms with Gasteiger partial charge in [0, 0.05) is 13.2 Å². The van der Waals surface area contributed by atoms with Gasteiger partial charge in [-0.1, -0.05) is 90.9 Å².